The van der Waals surface area contributed by atoms with Crippen LogP contribution in [-0.4, -0.2) is 33.5 Å². The van der Waals surface area contributed by atoms with Crippen molar-refractivity contribution in [1.29, 1.82) is 0 Å². The molecule has 0 heterocycles. The third-order valence-electron chi connectivity index (χ3n) is 2.55. The van der Waals surface area contributed by atoms with Crippen molar-refractivity contribution < 1.29 is 14.7 Å². The molecule has 0 unspecified atom stereocenters. The summed E-state index contributed by atoms with van der Waals surface area (Å²) >= 11 is 1.50. The molecule has 0 aliphatic carbocycles. The highest BCUT2D eigenvalue weighted by atomic mass is 32.2. The Kier molecular flexibility index (Phi) is 6.07. The van der Waals surface area contributed by atoms with E-state index < -0.39 is 12.0 Å². The molecule has 4 nitrogen and oxygen atoms in total. The Hall–Kier alpha value is -1.49. The second kappa shape index (κ2) is 7.33. The number of rotatable bonds is 6. The van der Waals surface area contributed by atoms with Gasteiger partial charge in [-0.05, 0) is 5.56 Å². The van der Waals surface area contributed by atoms with E-state index in [-0.39, 0.29) is 16.4 Å². The van der Waals surface area contributed by atoms with Gasteiger partial charge >= 0.3 is 5.97 Å². The Bertz CT molecular complexity index is 454. The van der Waals surface area contributed by atoms with Gasteiger partial charge in [0.15, 0.2) is 0 Å². The van der Waals surface area contributed by atoms with E-state index in [0.717, 1.165) is 5.56 Å². The first-order valence-electron chi connectivity index (χ1n) is 6.48. The summed E-state index contributed by atoms with van der Waals surface area (Å²) < 4.78 is -0.0184. The summed E-state index contributed by atoms with van der Waals surface area (Å²) in [6.45, 7) is 6.05. The Balaban J connectivity index is 2.55. The zero-order valence-corrected chi connectivity index (χ0v) is 12.9. The summed E-state index contributed by atoms with van der Waals surface area (Å²) in [7, 11) is 0. The Morgan fingerprint density at radius 3 is 2.35 bits per heavy atom. The maximum atomic E-state index is 11.8. The molecule has 0 bridgehead atoms. The van der Waals surface area contributed by atoms with Crippen molar-refractivity contribution >= 4 is 23.6 Å². The van der Waals surface area contributed by atoms with Gasteiger partial charge < -0.3 is 10.4 Å². The summed E-state index contributed by atoms with van der Waals surface area (Å²) in [5.41, 5.74) is 0.892. The molecule has 0 aliphatic heterocycles. The van der Waals surface area contributed by atoms with E-state index in [0.29, 0.717) is 6.42 Å². The van der Waals surface area contributed by atoms with E-state index in [1.165, 1.54) is 11.8 Å². The van der Waals surface area contributed by atoms with Crippen LogP contribution in [0.15, 0.2) is 30.3 Å². The number of carbonyl (C=O) groups is 2. The number of amides is 1. The van der Waals surface area contributed by atoms with Gasteiger partial charge in [0, 0.05) is 11.2 Å². The second-order valence-electron chi connectivity index (χ2n) is 5.55. The van der Waals surface area contributed by atoms with Crippen LogP contribution in [-0.2, 0) is 16.0 Å². The molecule has 0 spiro atoms. The summed E-state index contributed by atoms with van der Waals surface area (Å²) in [6, 6.07) is 8.40. The average molecular weight is 295 g/mol. The minimum atomic E-state index is -1.01. The van der Waals surface area contributed by atoms with Gasteiger partial charge in [0.2, 0.25) is 5.91 Å². The van der Waals surface area contributed by atoms with Crippen LogP contribution in [0.25, 0.3) is 0 Å². The Labute approximate surface area is 124 Å². The van der Waals surface area contributed by atoms with Gasteiger partial charge in [0.1, 0.15) is 6.04 Å². The fraction of sp³-hybridized carbons (Fsp3) is 0.467. The molecule has 5 heteroatoms. The van der Waals surface area contributed by atoms with Gasteiger partial charge in [-0.3, -0.25) is 4.79 Å². The van der Waals surface area contributed by atoms with Crippen LogP contribution >= 0.6 is 11.8 Å². The van der Waals surface area contributed by atoms with Crippen molar-refractivity contribution in [3.8, 4) is 0 Å². The second-order valence-corrected chi connectivity index (χ2v) is 7.35. The standard InChI is InChI=1S/C15H21NO3S/c1-15(2,3)20-10-13(17)16-12(14(18)19)9-11-7-5-4-6-8-11/h4-8,12H,9-10H2,1-3H3,(H,16,17)(H,18,19)/t12-/m0/s1. The summed E-state index contributed by atoms with van der Waals surface area (Å²) in [4.78, 5) is 23.0. The minimum Gasteiger partial charge on any atom is -0.480 e. The third kappa shape index (κ3) is 6.61. The van der Waals surface area contributed by atoms with Crippen LogP contribution in [0, 0.1) is 0 Å². The fourth-order valence-corrected chi connectivity index (χ4v) is 2.22. The molecule has 2 N–H and O–H groups in total. The normalized spacial score (nSPS) is 12.8. The Morgan fingerprint density at radius 1 is 1.25 bits per heavy atom. The number of carboxylic acids is 1. The van der Waals surface area contributed by atoms with Crippen molar-refractivity contribution in [2.24, 2.45) is 0 Å². The van der Waals surface area contributed by atoms with Crippen LogP contribution in [0.2, 0.25) is 0 Å². The average Bonchev–Trinajstić information content (AvgIpc) is 2.36. The van der Waals surface area contributed by atoms with Crippen molar-refractivity contribution in [3.63, 3.8) is 0 Å². The molecular formula is C15H21NO3S. The van der Waals surface area contributed by atoms with E-state index in [2.05, 4.69) is 5.32 Å². The van der Waals surface area contributed by atoms with E-state index in [9.17, 15) is 14.7 Å². The number of hydrogen-bond acceptors (Lipinski definition) is 3. The summed E-state index contributed by atoms with van der Waals surface area (Å²) in [5, 5.41) is 11.8. The zero-order chi connectivity index (χ0) is 15.2. The van der Waals surface area contributed by atoms with Crippen molar-refractivity contribution in [3.05, 3.63) is 35.9 Å². The first-order chi connectivity index (χ1) is 9.28. The van der Waals surface area contributed by atoms with E-state index in [4.69, 9.17) is 0 Å². The number of aliphatic carboxylic acids is 1. The predicted molar refractivity (Wildman–Crippen MR) is 81.9 cm³/mol. The SMILES string of the molecule is CC(C)(C)SCC(=O)N[C@@H](Cc1ccccc1)C(=O)O. The molecule has 1 aromatic rings. The molecule has 0 aromatic heterocycles. The van der Waals surface area contributed by atoms with Crippen LogP contribution in [0.5, 0.6) is 0 Å². The van der Waals surface area contributed by atoms with Gasteiger partial charge in [0.25, 0.3) is 0 Å². The summed E-state index contributed by atoms with van der Waals surface area (Å²) in [5.74, 6) is -0.988. The van der Waals surface area contributed by atoms with E-state index in [1.807, 2.05) is 51.1 Å². The molecule has 110 valence electrons. The van der Waals surface area contributed by atoms with Crippen LogP contribution in [0.1, 0.15) is 26.3 Å². The molecule has 1 rings (SSSR count). The quantitative estimate of drug-likeness (QED) is 0.845. The molecule has 0 fully saturated rings. The van der Waals surface area contributed by atoms with Gasteiger partial charge in [0.05, 0.1) is 5.75 Å². The van der Waals surface area contributed by atoms with Gasteiger partial charge in [-0.2, -0.15) is 0 Å². The lowest BCUT2D eigenvalue weighted by Gasteiger charge is -2.19. The highest BCUT2D eigenvalue weighted by Gasteiger charge is 2.21. The third-order valence-corrected chi connectivity index (χ3v) is 3.82. The van der Waals surface area contributed by atoms with Crippen LogP contribution < -0.4 is 5.32 Å². The predicted octanol–water partition coefficient (Wildman–Crippen LogP) is 2.33. The topological polar surface area (TPSA) is 66.4 Å². The molecule has 1 amide bonds. The molecule has 20 heavy (non-hydrogen) atoms. The number of thioether (sulfide) groups is 1. The van der Waals surface area contributed by atoms with Crippen LogP contribution in [0.3, 0.4) is 0 Å². The first-order valence-corrected chi connectivity index (χ1v) is 7.46. The zero-order valence-electron chi connectivity index (χ0n) is 12.1. The monoisotopic (exact) mass is 295 g/mol. The van der Waals surface area contributed by atoms with Crippen molar-refractivity contribution in [2.75, 3.05) is 5.75 Å². The number of carboxylic acid groups (broad SMARTS) is 1. The molecule has 0 aliphatic rings. The molecule has 1 atom stereocenters. The van der Waals surface area contributed by atoms with Gasteiger partial charge in [-0.25, -0.2) is 4.79 Å². The van der Waals surface area contributed by atoms with E-state index >= 15 is 0 Å². The lowest BCUT2D eigenvalue weighted by atomic mass is 10.1. The number of benzene rings is 1. The largest absolute Gasteiger partial charge is 0.480 e. The van der Waals surface area contributed by atoms with Gasteiger partial charge in [-0.15, -0.1) is 11.8 Å². The minimum absolute atomic E-state index is 0.0184. The lowest BCUT2D eigenvalue weighted by molar-refractivity contribution is -0.141. The maximum absolute atomic E-state index is 11.8. The highest BCUT2D eigenvalue weighted by Crippen LogP contribution is 2.22. The number of hydrogen-bond donors (Lipinski definition) is 2. The molecule has 0 saturated carbocycles. The molecule has 1 aromatic carbocycles. The highest BCUT2D eigenvalue weighted by molar-refractivity contribution is 8.01. The maximum Gasteiger partial charge on any atom is 0.326 e. The molecule has 0 radical (unpaired) electrons. The number of nitrogens with one attached hydrogen (secondary N) is 1. The lowest BCUT2D eigenvalue weighted by Crippen LogP contribution is -2.43. The Morgan fingerprint density at radius 2 is 1.85 bits per heavy atom. The van der Waals surface area contributed by atoms with Crippen LogP contribution in [0.4, 0.5) is 0 Å². The smallest absolute Gasteiger partial charge is 0.326 e. The first kappa shape index (κ1) is 16.6. The number of carbonyl (C=O) groups excluding carboxylic acids is 1. The molecular weight excluding hydrogens is 274 g/mol. The summed E-state index contributed by atoms with van der Waals surface area (Å²) in [6.07, 6.45) is 0.294. The van der Waals surface area contributed by atoms with Gasteiger partial charge in [-0.1, -0.05) is 51.1 Å². The molecule has 0 saturated heterocycles. The van der Waals surface area contributed by atoms with Crippen molar-refractivity contribution in [2.45, 2.75) is 38.0 Å². The fourth-order valence-electron chi connectivity index (χ4n) is 1.57. The van der Waals surface area contributed by atoms with Crippen molar-refractivity contribution in [1.82, 2.24) is 5.32 Å². The van der Waals surface area contributed by atoms with E-state index in [1.54, 1.807) is 0 Å².